The first kappa shape index (κ1) is 19.5. The van der Waals surface area contributed by atoms with E-state index in [2.05, 4.69) is 64.5 Å². The number of likely N-dealkylation sites (tertiary alicyclic amines) is 1. The Morgan fingerprint density at radius 1 is 0.938 bits per heavy atom. The van der Waals surface area contributed by atoms with Crippen molar-refractivity contribution in [2.45, 2.75) is 50.5 Å². The molecule has 32 heavy (non-hydrogen) atoms. The van der Waals surface area contributed by atoms with Crippen molar-refractivity contribution in [1.82, 2.24) is 4.90 Å². The van der Waals surface area contributed by atoms with Gasteiger partial charge in [-0.25, -0.2) is 0 Å². The van der Waals surface area contributed by atoms with E-state index in [4.69, 9.17) is 0 Å². The van der Waals surface area contributed by atoms with E-state index in [0.29, 0.717) is 12.0 Å². The average Bonchev–Trinajstić information content (AvgIpc) is 3.31. The molecule has 2 heterocycles. The van der Waals surface area contributed by atoms with E-state index in [-0.39, 0.29) is 5.91 Å². The predicted molar refractivity (Wildman–Crippen MR) is 129 cm³/mol. The van der Waals surface area contributed by atoms with Crippen molar-refractivity contribution in [3.05, 3.63) is 100 Å². The van der Waals surface area contributed by atoms with E-state index >= 15 is 0 Å². The molecule has 1 saturated heterocycles. The maximum absolute atomic E-state index is 13.5. The Kier molecular flexibility index (Phi) is 4.90. The SMILES string of the molecule is O=C(c1ccc2c(c1)N=CC2)N1CCCC2c3ccc(Cc4ccccc4)cc3CC[C@@H]21. The highest BCUT2D eigenvalue weighted by Gasteiger charge is 2.38. The zero-order valence-corrected chi connectivity index (χ0v) is 18.3. The van der Waals surface area contributed by atoms with E-state index < -0.39 is 0 Å². The third-order valence-electron chi connectivity index (χ3n) is 7.48. The Morgan fingerprint density at radius 2 is 1.84 bits per heavy atom. The van der Waals surface area contributed by atoms with E-state index in [1.54, 1.807) is 0 Å². The van der Waals surface area contributed by atoms with Gasteiger partial charge >= 0.3 is 0 Å². The summed E-state index contributed by atoms with van der Waals surface area (Å²) >= 11 is 0. The molecule has 0 aromatic heterocycles. The lowest BCUT2D eigenvalue weighted by Gasteiger charge is -2.45. The van der Waals surface area contributed by atoms with Crippen molar-refractivity contribution in [3.63, 3.8) is 0 Å². The third kappa shape index (κ3) is 3.46. The molecule has 3 aromatic rings. The lowest BCUT2D eigenvalue weighted by Crippen LogP contribution is -2.49. The van der Waals surface area contributed by atoms with E-state index in [9.17, 15) is 4.79 Å². The highest BCUT2D eigenvalue weighted by Crippen LogP contribution is 2.42. The third-order valence-corrected chi connectivity index (χ3v) is 7.48. The van der Waals surface area contributed by atoms with Crippen molar-refractivity contribution >= 4 is 17.8 Å². The predicted octanol–water partition coefficient (Wildman–Crippen LogP) is 5.87. The zero-order chi connectivity index (χ0) is 21.5. The summed E-state index contributed by atoms with van der Waals surface area (Å²) in [5.41, 5.74) is 8.66. The van der Waals surface area contributed by atoms with Crippen molar-refractivity contribution in [2.75, 3.05) is 6.54 Å². The fraction of sp³-hybridized carbons (Fsp3) is 0.310. The number of fused-ring (bicyclic) bond motifs is 4. The van der Waals surface area contributed by atoms with Crippen LogP contribution in [0.25, 0.3) is 0 Å². The fourth-order valence-corrected chi connectivity index (χ4v) is 5.91. The van der Waals surface area contributed by atoms with E-state index in [1.807, 2.05) is 18.3 Å². The summed E-state index contributed by atoms with van der Waals surface area (Å²) in [6, 6.07) is 24.1. The molecule has 6 rings (SSSR count). The first-order valence-electron chi connectivity index (χ1n) is 11.9. The number of hydrogen-bond donors (Lipinski definition) is 0. The van der Waals surface area contributed by atoms with Crippen LogP contribution >= 0.6 is 0 Å². The lowest BCUT2D eigenvalue weighted by atomic mass is 9.73. The number of nitrogens with zero attached hydrogens (tertiary/aromatic N) is 2. The summed E-state index contributed by atoms with van der Waals surface area (Å²) in [7, 11) is 0. The van der Waals surface area contributed by atoms with Crippen molar-refractivity contribution in [2.24, 2.45) is 4.99 Å². The number of rotatable bonds is 3. The van der Waals surface area contributed by atoms with Gasteiger partial charge in [0.05, 0.1) is 5.69 Å². The van der Waals surface area contributed by atoms with Crippen LogP contribution in [0.15, 0.2) is 71.7 Å². The molecule has 3 heteroatoms. The molecule has 0 N–H and O–H groups in total. The van der Waals surface area contributed by atoms with Gasteiger partial charge in [-0.2, -0.15) is 0 Å². The number of piperidine rings is 1. The van der Waals surface area contributed by atoms with Gasteiger partial charge in [0, 0.05) is 36.7 Å². The summed E-state index contributed by atoms with van der Waals surface area (Å²) in [4.78, 5) is 20.1. The van der Waals surface area contributed by atoms with Gasteiger partial charge in [0.1, 0.15) is 0 Å². The number of benzene rings is 3. The molecule has 0 spiro atoms. The minimum Gasteiger partial charge on any atom is -0.335 e. The standard InChI is InChI=1S/C29H28N2O/c32-29(24-10-9-22-14-15-30-27(22)19-24)31-16-4-7-26-25-12-8-21(17-20-5-2-1-3-6-20)18-23(25)11-13-28(26)31/h1-3,5-6,8-10,12,15,18-19,26,28H,4,7,11,13-14,16-17H2/t26?,28-/m0/s1. The van der Waals surface area contributed by atoms with Crippen LogP contribution < -0.4 is 0 Å². The van der Waals surface area contributed by atoms with E-state index in [1.165, 1.54) is 34.2 Å². The number of hydrogen-bond acceptors (Lipinski definition) is 2. The molecule has 2 aliphatic heterocycles. The summed E-state index contributed by atoms with van der Waals surface area (Å²) in [5.74, 6) is 0.628. The minimum absolute atomic E-state index is 0.175. The molecule has 0 saturated carbocycles. The van der Waals surface area contributed by atoms with Gasteiger partial charge in [-0.05, 0) is 72.1 Å². The van der Waals surface area contributed by atoms with Gasteiger partial charge in [-0.1, -0.05) is 54.6 Å². The second-order valence-electron chi connectivity index (χ2n) is 9.41. The average molecular weight is 421 g/mol. The summed E-state index contributed by atoms with van der Waals surface area (Å²) < 4.78 is 0. The van der Waals surface area contributed by atoms with Crippen LogP contribution in [0, 0.1) is 0 Å². The molecule has 3 aromatic carbocycles. The Morgan fingerprint density at radius 3 is 2.75 bits per heavy atom. The van der Waals surface area contributed by atoms with Gasteiger partial charge in [-0.3, -0.25) is 9.79 Å². The molecule has 2 atom stereocenters. The quantitative estimate of drug-likeness (QED) is 0.521. The number of aryl methyl sites for hydroxylation is 1. The lowest BCUT2D eigenvalue weighted by molar-refractivity contribution is 0.0547. The fourth-order valence-electron chi connectivity index (χ4n) is 5.91. The van der Waals surface area contributed by atoms with Crippen LogP contribution in [0.4, 0.5) is 5.69 Å². The monoisotopic (exact) mass is 420 g/mol. The molecule has 0 radical (unpaired) electrons. The molecular weight excluding hydrogens is 392 g/mol. The van der Waals surface area contributed by atoms with Gasteiger partial charge in [-0.15, -0.1) is 0 Å². The molecule has 1 unspecified atom stereocenters. The van der Waals surface area contributed by atoms with Crippen LogP contribution in [0.5, 0.6) is 0 Å². The van der Waals surface area contributed by atoms with Crippen molar-refractivity contribution in [1.29, 1.82) is 0 Å². The van der Waals surface area contributed by atoms with Crippen molar-refractivity contribution < 1.29 is 4.79 Å². The normalized spacial score (nSPS) is 21.1. The first-order valence-corrected chi connectivity index (χ1v) is 11.9. The molecular formula is C29H28N2O. The Bertz CT molecular complexity index is 1200. The van der Waals surface area contributed by atoms with Crippen molar-refractivity contribution in [3.8, 4) is 0 Å². The Hall–Kier alpha value is -3.20. The van der Waals surface area contributed by atoms with Gasteiger partial charge in [0.25, 0.3) is 5.91 Å². The summed E-state index contributed by atoms with van der Waals surface area (Å²) in [6.45, 7) is 0.863. The molecule has 3 aliphatic rings. The number of amides is 1. The van der Waals surface area contributed by atoms with Gasteiger partial charge in [0.2, 0.25) is 0 Å². The molecule has 1 fully saturated rings. The van der Waals surface area contributed by atoms with Crippen LogP contribution in [-0.4, -0.2) is 29.6 Å². The maximum Gasteiger partial charge on any atom is 0.254 e. The summed E-state index contributed by atoms with van der Waals surface area (Å²) in [6.07, 6.45) is 8.14. The molecule has 1 aliphatic carbocycles. The van der Waals surface area contributed by atoms with Crippen LogP contribution in [-0.2, 0) is 19.3 Å². The molecule has 160 valence electrons. The van der Waals surface area contributed by atoms with E-state index in [0.717, 1.165) is 49.9 Å². The Balaban J connectivity index is 1.24. The number of aliphatic imine (C=N–C) groups is 1. The second kappa shape index (κ2) is 8.05. The minimum atomic E-state index is 0.175. The smallest absolute Gasteiger partial charge is 0.254 e. The van der Waals surface area contributed by atoms with Crippen LogP contribution in [0.2, 0.25) is 0 Å². The molecule has 0 bridgehead atoms. The van der Waals surface area contributed by atoms with Crippen LogP contribution in [0.3, 0.4) is 0 Å². The highest BCUT2D eigenvalue weighted by molar-refractivity contribution is 5.96. The second-order valence-corrected chi connectivity index (χ2v) is 9.41. The first-order chi connectivity index (χ1) is 15.8. The Labute approximate surface area is 189 Å². The van der Waals surface area contributed by atoms with Gasteiger partial charge < -0.3 is 4.90 Å². The number of carbonyl (C=O) groups is 1. The summed E-state index contributed by atoms with van der Waals surface area (Å²) in [5, 5.41) is 0. The number of carbonyl (C=O) groups excluding carboxylic acids is 1. The highest BCUT2D eigenvalue weighted by atomic mass is 16.2. The largest absolute Gasteiger partial charge is 0.335 e. The molecule has 1 amide bonds. The molecule has 3 nitrogen and oxygen atoms in total. The zero-order valence-electron chi connectivity index (χ0n) is 18.3. The van der Waals surface area contributed by atoms with Gasteiger partial charge in [0.15, 0.2) is 0 Å². The van der Waals surface area contributed by atoms with Crippen LogP contribution in [0.1, 0.15) is 63.4 Å². The maximum atomic E-state index is 13.5. The topological polar surface area (TPSA) is 32.7 Å².